The van der Waals surface area contributed by atoms with Gasteiger partial charge >= 0.3 is 0 Å². The molecule has 2 rings (SSSR count). The molecule has 2 aromatic carbocycles. The van der Waals surface area contributed by atoms with Gasteiger partial charge in [-0.25, -0.2) is 0 Å². The summed E-state index contributed by atoms with van der Waals surface area (Å²) < 4.78 is 0. The number of carbonyl (C=O) groups excluding carboxylic acids is 1. The summed E-state index contributed by atoms with van der Waals surface area (Å²) in [5.41, 5.74) is 1.68. The Morgan fingerprint density at radius 2 is 1.87 bits per heavy atom. The molecule has 23 heavy (non-hydrogen) atoms. The number of nitro benzene ring substituents is 1. The lowest BCUT2D eigenvalue weighted by atomic mass is 10.0. The second-order valence-corrected chi connectivity index (χ2v) is 5.63. The summed E-state index contributed by atoms with van der Waals surface area (Å²) >= 11 is 0. The van der Waals surface area contributed by atoms with Crippen LogP contribution in [-0.4, -0.2) is 16.9 Å². The SMILES string of the molecule is Cc1cccc(C(=O)N[C@H](C)CCc2ccccc2)c1[N+](=O)[O-]. The van der Waals surface area contributed by atoms with Gasteiger partial charge in [0.15, 0.2) is 0 Å². The fourth-order valence-electron chi connectivity index (χ4n) is 2.49. The maximum absolute atomic E-state index is 12.3. The van der Waals surface area contributed by atoms with Crippen LogP contribution in [0, 0.1) is 17.0 Å². The first-order valence-corrected chi connectivity index (χ1v) is 7.58. The van der Waals surface area contributed by atoms with Crippen LogP contribution in [0.5, 0.6) is 0 Å². The number of nitrogens with one attached hydrogen (secondary N) is 1. The molecule has 0 unspecified atom stereocenters. The van der Waals surface area contributed by atoms with Crippen LogP contribution in [0.1, 0.15) is 34.8 Å². The van der Waals surface area contributed by atoms with Crippen molar-refractivity contribution in [2.24, 2.45) is 0 Å². The van der Waals surface area contributed by atoms with Crippen LogP contribution in [0.4, 0.5) is 5.69 Å². The Morgan fingerprint density at radius 1 is 1.17 bits per heavy atom. The molecule has 0 saturated heterocycles. The van der Waals surface area contributed by atoms with Crippen LogP contribution in [0.3, 0.4) is 0 Å². The second-order valence-electron chi connectivity index (χ2n) is 5.63. The van der Waals surface area contributed by atoms with Crippen LogP contribution < -0.4 is 5.32 Å². The molecule has 0 fully saturated rings. The van der Waals surface area contributed by atoms with Crippen LogP contribution in [0.2, 0.25) is 0 Å². The third-order valence-electron chi connectivity index (χ3n) is 3.75. The van der Waals surface area contributed by atoms with E-state index in [9.17, 15) is 14.9 Å². The number of rotatable bonds is 6. The number of hydrogen-bond acceptors (Lipinski definition) is 3. The first kappa shape index (κ1) is 16.7. The number of benzene rings is 2. The summed E-state index contributed by atoms with van der Waals surface area (Å²) in [5.74, 6) is -0.402. The molecule has 1 amide bonds. The monoisotopic (exact) mass is 312 g/mol. The smallest absolute Gasteiger partial charge is 0.285 e. The summed E-state index contributed by atoms with van der Waals surface area (Å²) in [7, 11) is 0. The van der Waals surface area contributed by atoms with E-state index in [4.69, 9.17) is 0 Å². The molecule has 1 atom stereocenters. The highest BCUT2D eigenvalue weighted by Gasteiger charge is 2.23. The van der Waals surface area contributed by atoms with E-state index < -0.39 is 10.8 Å². The highest BCUT2D eigenvalue weighted by atomic mass is 16.6. The molecule has 0 aromatic heterocycles. The molecule has 5 nitrogen and oxygen atoms in total. The Kier molecular flexibility index (Phi) is 5.46. The Balaban J connectivity index is 2.02. The lowest BCUT2D eigenvalue weighted by Gasteiger charge is -2.14. The number of amides is 1. The van der Waals surface area contributed by atoms with Crippen molar-refractivity contribution in [1.29, 1.82) is 0 Å². The average Bonchev–Trinajstić information content (AvgIpc) is 2.53. The predicted molar refractivity (Wildman–Crippen MR) is 89.5 cm³/mol. The third-order valence-corrected chi connectivity index (χ3v) is 3.75. The van der Waals surface area contributed by atoms with Crippen molar-refractivity contribution in [1.82, 2.24) is 5.32 Å². The molecule has 0 saturated carbocycles. The van der Waals surface area contributed by atoms with Crippen LogP contribution in [0.15, 0.2) is 48.5 Å². The lowest BCUT2D eigenvalue weighted by Crippen LogP contribution is -2.33. The number of nitrogens with zero attached hydrogens (tertiary/aromatic N) is 1. The maximum atomic E-state index is 12.3. The van der Waals surface area contributed by atoms with Crippen molar-refractivity contribution in [3.8, 4) is 0 Å². The van der Waals surface area contributed by atoms with E-state index in [2.05, 4.69) is 5.32 Å². The van der Waals surface area contributed by atoms with E-state index in [1.807, 2.05) is 37.3 Å². The first-order chi connectivity index (χ1) is 11.0. The molecular weight excluding hydrogens is 292 g/mol. The van der Waals surface area contributed by atoms with E-state index in [0.29, 0.717) is 5.56 Å². The Labute approximate surface area is 135 Å². The molecule has 0 aliphatic rings. The van der Waals surface area contributed by atoms with Gasteiger partial charge in [0.1, 0.15) is 5.56 Å². The molecule has 0 bridgehead atoms. The summed E-state index contributed by atoms with van der Waals surface area (Å²) in [5, 5.41) is 14.0. The van der Waals surface area contributed by atoms with E-state index in [1.165, 1.54) is 11.6 Å². The molecule has 2 aromatic rings. The molecule has 0 aliphatic heterocycles. The van der Waals surface area contributed by atoms with Crippen molar-refractivity contribution in [2.75, 3.05) is 0 Å². The van der Waals surface area contributed by atoms with Gasteiger partial charge in [0.25, 0.3) is 11.6 Å². The van der Waals surface area contributed by atoms with E-state index >= 15 is 0 Å². The predicted octanol–water partition coefficient (Wildman–Crippen LogP) is 3.65. The number of para-hydroxylation sites is 1. The Bertz CT molecular complexity index is 699. The highest BCUT2D eigenvalue weighted by molar-refractivity contribution is 5.98. The number of hydrogen-bond donors (Lipinski definition) is 1. The average molecular weight is 312 g/mol. The minimum absolute atomic E-state index is 0.0668. The van der Waals surface area contributed by atoms with Gasteiger partial charge in [-0.15, -0.1) is 0 Å². The molecular formula is C18H20N2O3. The largest absolute Gasteiger partial charge is 0.349 e. The van der Waals surface area contributed by atoms with Crippen molar-refractivity contribution in [3.05, 3.63) is 75.3 Å². The molecule has 1 N–H and O–H groups in total. The van der Waals surface area contributed by atoms with Gasteiger partial charge in [-0.3, -0.25) is 14.9 Å². The van der Waals surface area contributed by atoms with Crippen LogP contribution in [-0.2, 0) is 6.42 Å². The van der Waals surface area contributed by atoms with Gasteiger partial charge in [-0.2, -0.15) is 0 Å². The maximum Gasteiger partial charge on any atom is 0.285 e. The van der Waals surface area contributed by atoms with E-state index in [0.717, 1.165) is 12.8 Å². The van der Waals surface area contributed by atoms with Crippen molar-refractivity contribution in [2.45, 2.75) is 32.7 Å². The second kappa shape index (κ2) is 7.54. The summed E-state index contributed by atoms with van der Waals surface area (Å²) in [6.07, 6.45) is 1.62. The van der Waals surface area contributed by atoms with Gasteiger partial charge in [0.2, 0.25) is 0 Å². The molecule has 0 heterocycles. The Hall–Kier alpha value is -2.69. The van der Waals surface area contributed by atoms with Crippen molar-refractivity contribution < 1.29 is 9.72 Å². The van der Waals surface area contributed by atoms with Gasteiger partial charge in [0.05, 0.1) is 4.92 Å². The fourth-order valence-corrected chi connectivity index (χ4v) is 2.49. The highest BCUT2D eigenvalue weighted by Crippen LogP contribution is 2.23. The molecule has 0 spiro atoms. The number of aryl methyl sites for hydroxylation is 2. The first-order valence-electron chi connectivity index (χ1n) is 7.58. The normalized spacial score (nSPS) is 11.7. The number of carbonyl (C=O) groups is 1. The van der Waals surface area contributed by atoms with E-state index in [1.54, 1.807) is 19.1 Å². The summed E-state index contributed by atoms with van der Waals surface area (Å²) in [4.78, 5) is 23.0. The fraction of sp³-hybridized carbons (Fsp3) is 0.278. The molecule has 0 aliphatic carbocycles. The zero-order valence-electron chi connectivity index (χ0n) is 13.3. The van der Waals surface area contributed by atoms with E-state index in [-0.39, 0.29) is 17.3 Å². The van der Waals surface area contributed by atoms with Crippen molar-refractivity contribution in [3.63, 3.8) is 0 Å². The van der Waals surface area contributed by atoms with Gasteiger partial charge in [-0.1, -0.05) is 42.5 Å². The summed E-state index contributed by atoms with van der Waals surface area (Å²) in [6.45, 7) is 3.54. The van der Waals surface area contributed by atoms with Crippen molar-refractivity contribution >= 4 is 11.6 Å². The minimum Gasteiger partial charge on any atom is -0.349 e. The zero-order valence-corrected chi connectivity index (χ0v) is 13.3. The minimum atomic E-state index is -0.501. The van der Waals surface area contributed by atoms with Gasteiger partial charge < -0.3 is 5.32 Å². The molecule has 120 valence electrons. The molecule has 5 heteroatoms. The third kappa shape index (κ3) is 4.39. The summed E-state index contributed by atoms with van der Waals surface area (Å²) in [6, 6.07) is 14.7. The standard InChI is InChI=1S/C18H20N2O3/c1-13-7-6-10-16(17(13)20(22)23)18(21)19-14(2)11-12-15-8-4-3-5-9-15/h3-10,14H,11-12H2,1-2H3,(H,19,21)/t14-/m1/s1. The van der Waals surface area contributed by atoms with Crippen LogP contribution >= 0.6 is 0 Å². The number of nitro groups is 1. The lowest BCUT2D eigenvalue weighted by molar-refractivity contribution is -0.385. The molecule has 0 radical (unpaired) electrons. The van der Waals surface area contributed by atoms with Gasteiger partial charge in [0, 0.05) is 11.6 Å². The zero-order chi connectivity index (χ0) is 16.8. The van der Waals surface area contributed by atoms with Crippen LogP contribution in [0.25, 0.3) is 0 Å². The van der Waals surface area contributed by atoms with Gasteiger partial charge in [-0.05, 0) is 38.3 Å². The topological polar surface area (TPSA) is 72.2 Å². The Morgan fingerprint density at radius 3 is 2.52 bits per heavy atom. The quantitative estimate of drug-likeness (QED) is 0.653.